The van der Waals surface area contributed by atoms with Gasteiger partial charge in [-0.3, -0.25) is 10.1 Å². The summed E-state index contributed by atoms with van der Waals surface area (Å²) in [6.07, 6.45) is 0.628. The van der Waals surface area contributed by atoms with Gasteiger partial charge in [0, 0.05) is 15.9 Å². The maximum Gasteiger partial charge on any atom is 0.321 e. The monoisotopic (exact) mass is 504 g/mol. The number of nitriles is 1. The summed E-state index contributed by atoms with van der Waals surface area (Å²) in [4.78, 5) is 12.4. The second kappa shape index (κ2) is 7.30. The third kappa shape index (κ3) is 3.13. The third-order valence-corrected chi connectivity index (χ3v) is 7.80. The van der Waals surface area contributed by atoms with E-state index >= 15 is 4.39 Å². The number of carboxylic acids is 1. The van der Waals surface area contributed by atoms with Gasteiger partial charge in [0.2, 0.25) is 0 Å². The summed E-state index contributed by atoms with van der Waals surface area (Å²) in [5.41, 5.74) is -1.44. The molecule has 5 atom stereocenters. The molecule has 7 heteroatoms. The first-order chi connectivity index (χ1) is 14.5. The zero-order valence-electron chi connectivity index (χ0n) is 17.4. The molecule has 1 saturated heterocycles. The minimum Gasteiger partial charge on any atom is -0.480 e. The van der Waals surface area contributed by atoms with Gasteiger partial charge in [0.05, 0.1) is 11.1 Å². The molecule has 1 unspecified atom stereocenters. The Morgan fingerprint density at radius 3 is 2.45 bits per heavy atom. The number of rotatable bonds is 3. The molecule has 4 rings (SSSR count). The zero-order valence-corrected chi connectivity index (χ0v) is 19.8. The number of aliphatic carboxylic acids is 1. The second-order valence-corrected chi connectivity index (χ2v) is 10.9. The van der Waals surface area contributed by atoms with Crippen molar-refractivity contribution in [2.75, 3.05) is 0 Å². The Morgan fingerprint density at radius 2 is 1.94 bits per heavy atom. The van der Waals surface area contributed by atoms with Crippen molar-refractivity contribution in [1.29, 1.82) is 5.26 Å². The van der Waals surface area contributed by atoms with E-state index in [2.05, 4.69) is 48.1 Å². The topological polar surface area (TPSA) is 73.1 Å². The van der Waals surface area contributed by atoms with Crippen molar-refractivity contribution >= 4 is 33.5 Å². The Kier molecular flexibility index (Phi) is 5.24. The van der Waals surface area contributed by atoms with Crippen LogP contribution in [0.3, 0.4) is 0 Å². The van der Waals surface area contributed by atoms with Gasteiger partial charge in [0.25, 0.3) is 0 Å². The van der Waals surface area contributed by atoms with E-state index in [1.165, 1.54) is 6.07 Å². The van der Waals surface area contributed by atoms with Gasteiger partial charge in [-0.1, -0.05) is 72.6 Å². The van der Waals surface area contributed by atoms with Crippen molar-refractivity contribution in [3.05, 3.63) is 68.9 Å². The SMILES string of the molecule is CC(C)(C)[C@@H]1CC12N[C@@H](C(=O)O)[C@H](c1cccc(Cl)c1F)[C@@]2(C#N)c1ccc(Br)cc1. The molecular weight excluding hydrogens is 483 g/mol. The van der Waals surface area contributed by atoms with Crippen LogP contribution >= 0.6 is 27.5 Å². The molecule has 0 amide bonds. The van der Waals surface area contributed by atoms with Crippen LogP contribution in [0.4, 0.5) is 4.39 Å². The highest BCUT2D eigenvalue weighted by molar-refractivity contribution is 9.10. The smallest absolute Gasteiger partial charge is 0.321 e. The predicted octanol–water partition coefficient (Wildman–Crippen LogP) is 5.65. The lowest BCUT2D eigenvalue weighted by molar-refractivity contribution is -0.139. The number of halogens is 3. The zero-order chi connectivity index (χ0) is 22.8. The summed E-state index contributed by atoms with van der Waals surface area (Å²) >= 11 is 9.51. The number of hydrogen-bond donors (Lipinski definition) is 2. The molecule has 162 valence electrons. The Morgan fingerprint density at radius 1 is 1.29 bits per heavy atom. The minimum atomic E-state index is -1.29. The highest BCUT2D eigenvalue weighted by Crippen LogP contribution is 2.70. The third-order valence-electron chi connectivity index (χ3n) is 6.98. The van der Waals surface area contributed by atoms with E-state index in [0.717, 1.165) is 4.47 Å². The summed E-state index contributed by atoms with van der Waals surface area (Å²) < 4.78 is 16.1. The summed E-state index contributed by atoms with van der Waals surface area (Å²) in [6, 6.07) is 13.2. The van der Waals surface area contributed by atoms with E-state index in [1.807, 2.05) is 24.3 Å². The van der Waals surface area contributed by atoms with Crippen LogP contribution in [0, 0.1) is 28.5 Å². The molecule has 1 saturated carbocycles. The lowest BCUT2D eigenvalue weighted by Gasteiger charge is -2.37. The molecule has 2 aromatic rings. The number of benzene rings is 2. The number of carboxylic acid groups (broad SMARTS) is 1. The molecule has 31 heavy (non-hydrogen) atoms. The number of carbonyl (C=O) groups is 1. The normalized spacial score (nSPS) is 32.1. The first-order valence-corrected chi connectivity index (χ1v) is 11.3. The Balaban J connectivity index is 2.04. The van der Waals surface area contributed by atoms with Gasteiger partial charge in [0.1, 0.15) is 17.3 Å². The van der Waals surface area contributed by atoms with Gasteiger partial charge >= 0.3 is 5.97 Å². The summed E-state index contributed by atoms with van der Waals surface area (Å²) in [5, 5.41) is 24.1. The fourth-order valence-corrected chi connectivity index (χ4v) is 6.11. The molecule has 1 aliphatic heterocycles. The van der Waals surface area contributed by atoms with Crippen LogP contribution in [0.1, 0.15) is 44.2 Å². The lowest BCUT2D eigenvalue weighted by atomic mass is 9.62. The molecule has 1 heterocycles. The summed E-state index contributed by atoms with van der Waals surface area (Å²) in [5.74, 6) is -2.71. The highest BCUT2D eigenvalue weighted by Gasteiger charge is 2.78. The molecule has 2 N–H and O–H groups in total. The molecule has 2 aliphatic rings. The molecule has 1 aliphatic carbocycles. The van der Waals surface area contributed by atoms with Gasteiger partial charge < -0.3 is 5.11 Å². The van der Waals surface area contributed by atoms with Crippen molar-refractivity contribution in [1.82, 2.24) is 5.32 Å². The van der Waals surface area contributed by atoms with Crippen molar-refractivity contribution in [3.63, 3.8) is 0 Å². The van der Waals surface area contributed by atoms with Crippen LogP contribution in [0.5, 0.6) is 0 Å². The maximum absolute atomic E-state index is 15.3. The number of nitrogens with zero attached hydrogens (tertiary/aromatic N) is 1. The van der Waals surface area contributed by atoms with Crippen LogP contribution in [-0.2, 0) is 10.2 Å². The highest BCUT2D eigenvalue weighted by atomic mass is 79.9. The van der Waals surface area contributed by atoms with Crippen LogP contribution in [0.15, 0.2) is 46.9 Å². The molecule has 2 aromatic carbocycles. The average molecular weight is 506 g/mol. The van der Waals surface area contributed by atoms with Crippen LogP contribution in [-0.4, -0.2) is 22.7 Å². The second-order valence-electron chi connectivity index (χ2n) is 9.60. The van der Waals surface area contributed by atoms with E-state index in [0.29, 0.717) is 12.0 Å². The number of hydrogen-bond acceptors (Lipinski definition) is 3. The van der Waals surface area contributed by atoms with Crippen molar-refractivity contribution in [3.8, 4) is 6.07 Å². The number of nitrogens with one attached hydrogen (secondary N) is 1. The summed E-state index contributed by atoms with van der Waals surface area (Å²) in [7, 11) is 0. The molecule has 0 aromatic heterocycles. The summed E-state index contributed by atoms with van der Waals surface area (Å²) in [6.45, 7) is 6.25. The Hall–Kier alpha value is -1.94. The van der Waals surface area contributed by atoms with E-state index < -0.39 is 34.7 Å². The molecule has 4 nitrogen and oxygen atoms in total. The van der Waals surface area contributed by atoms with Crippen molar-refractivity contribution < 1.29 is 14.3 Å². The van der Waals surface area contributed by atoms with Crippen LogP contribution < -0.4 is 5.32 Å². The first kappa shape index (κ1) is 22.3. The van der Waals surface area contributed by atoms with Gasteiger partial charge in [-0.2, -0.15) is 5.26 Å². The molecular formula is C24H23BrClFN2O2. The van der Waals surface area contributed by atoms with Gasteiger partial charge in [-0.15, -0.1) is 0 Å². The van der Waals surface area contributed by atoms with E-state index in [4.69, 9.17) is 11.6 Å². The molecule has 1 spiro atoms. The van der Waals surface area contributed by atoms with Gasteiger partial charge in [-0.05, 0) is 47.1 Å². The quantitative estimate of drug-likeness (QED) is 0.565. The largest absolute Gasteiger partial charge is 0.480 e. The van der Waals surface area contributed by atoms with Crippen LogP contribution in [0.25, 0.3) is 0 Å². The van der Waals surface area contributed by atoms with Gasteiger partial charge in [-0.25, -0.2) is 4.39 Å². The minimum absolute atomic E-state index is 0.0393. The predicted molar refractivity (Wildman–Crippen MR) is 120 cm³/mol. The van der Waals surface area contributed by atoms with Gasteiger partial charge in [0.15, 0.2) is 0 Å². The fraction of sp³-hybridized carbons (Fsp3) is 0.417. The lowest BCUT2D eigenvalue weighted by Crippen LogP contribution is -2.47. The van der Waals surface area contributed by atoms with E-state index in [9.17, 15) is 15.2 Å². The Bertz CT molecular complexity index is 1090. The molecule has 2 fully saturated rings. The fourth-order valence-electron chi connectivity index (χ4n) is 5.67. The molecule has 0 radical (unpaired) electrons. The van der Waals surface area contributed by atoms with Crippen LogP contribution in [0.2, 0.25) is 5.02 Å². The standard InChI is InChI=1S/C24H23BrClFN2O2/c1-22(2,3)17-11-24(17)23(12-28,13-7-9-14(25)10-8-13)18(20(29-24)21(30)31)15-5-4-6-16(26)19(15)27/h4-10,17-18,20,29H,11H2,1-3H3,(H,30,31)/t17-,18-,20+,23+,24?/m0/s1. The van der Waals surface area contributed by atoms with E-state index in [1.54, 1.807) is 12.1 Å². The Labute approximate surface area is 194 Å². The van der Waals surface area contributed by atoms with Crippen molar-refractivity contribution in [2.24, 2.45) is 11.3 Å². The van der Waals surface area contributed by atoms with Crippen molar-refractivity contribution in [2.45, 2.75) is 50.1 Å². The maximum atomic E-state index is 15.3. The first-order valence-electron chi connectivity index (χ1n) is 10.1. The molecule has 0 bridgehead atoms. The average Bonchev–Trinajstić information content (AvgIpc) is 3.36. The van der Waals surface area contributed by atoms with E-state index in [-0.39, 0.29) is 21.9 Å².